The van der Waals surface area contributed by atoms with Gasteiger partial charge in [0, 0.05) is 36.3 Å². The molecule has 8 heteroatoms. The lowest BCUT2D eigenvalue weighted by Crippen LogP contribution is -2.36. The van der Waals surface area contributed by atoms with Crippen molar-refractivity contribution in [3.05, 3.63) is 53.6 Å². The SMILES string of the molecule is Cc1ccc(NC(=O)CCNS(=O)(=O)c2ccc3c(c2)C[C@@H](C)N3C(=O)C2CC2)cc1. The first-order valence-electron chi connectivity index (χ1n) is 10.6. The molecule has 0 radical (unpaired) electrons. The summed E-state index contributed by atoms with van der Waals surface area (Å²) in [5.41, 5.74) is 3.44. The number of nitrogens with zero attached hydrogens (tertiary/aromatic N) is 1. The lowest BCUT2D eigenvalue weighted by atomic mass is 10.1. The summed E-state index contributed by atoms with van der Waals surface area (Å²) in [6.07, 6.45) is 2.53. The van der Waals surface area contributed by atoms with Crippen LogP contribution in [0.5, 0.6) is 0 Å². The fourth-order valence-corrected chi connectivity index (χ4v) is 4.96. The lowest BCUT2D eigenvalue weighted by Gasteiger charge is -2.22. The minimum Gasteiger partial charge on any atom is -0.326 e. The number of benzene rings is 2. The Kier molecular flexibility index (Phi) is 5.85. The zero-order chi connectivity index (χ0) is 22.2. The molecule has 164 valence electrons. The number of fused-ring (bicyclic) bond motifs is 1. The molecule has 1 heterocycles. The van der Waals surface area contributed by atoms with E-state index in [0.717, 1.165) is 29.7 Å². The molecule has 1 aliphatic carbocycles. The van der Waals surface area contributed by atoms with Crippen molar-refractivity contribution in [2.75, 3.05) is 16.8 Å². The molecule has 2 aromatic carbocycles. The molecular weight excluding hydrogens is 414 g/mol. The molecule has 31 heavy (non-hydrogen) atoms. The Labute approximate surface area is 182 Å². The van der Waals surface area contributed by atoms with Gasteiger partial charge in [-0.15, -0.1) is 0 Å². The highest BCUT2D eigenvalue weighted by Crippen LogP contribution is 2.39. The second-order valence-electron chi connectivity index (χ2n) is 8.39. The van der Waals surface area contributed by atoms with Gasteiger partial charge >= 0.3 is 0 Å². The van der Waals surface area contributed by atoms with E-state index in [2.05, 4.69) is 10.0 Å². The summed E-state index contributed by atoms with van der Waals surface area (Å²) in [7, 11) is -3.75. The number of carbonyl (C=O) groups is 2. The molecule has 0 unspecified atom stereocenters. The number of rotatable bonds is 7. The van der Waals surface area contributed by atoms with Crippen LogP contribution in [-0.2, 0) is 26.0 Å². The molecule has 0 spiro atoms. The maximum Gasteiger partial charge on any atom is 0.240 e. The first-order chi connectivity index (χ1) is 14.7. The summed E-state index contributed by atoms with van der Waals surface area (Å²) in [6.45, 7) is 3.95. The number of amides is 2. The maximum atomic E-state index is 12.7. The number of hydrogen-bond donors (Lipinski definition) is 2. The van der Waals surface area contributed by atoms with Crippen LogP contribution >= 0.6 is 0 Å². The van der Waals surface area contributed by atoms with Gasteiger partial charge < -0.3 is 10.2 Å². The number of sulfonamides is 1. The van der Waals surface area contributed by atoms with Crippen LogP contribution in [0.15, 0.2) is 47.4 Å². The molecule has 0 aromatic heterocycles. The molecule has 0 saturated heterocycles. The van der Waals surface area contributed by atoms with Crippen LogP contribution in [0.25, 0.3) is 0 Å². The predicted octanol–water partition coefficient (Wildman–Crippen LogP) is 2.99. The van der Waals surface area contributed by atoms with Crippen molar-refractivity contribution in [1.29, 1.82) is 0 Å². The van der Waals surface area contributed by atoms with Crippen LogP contribution in [0.4, 0.5) is 11.4 Å². The molecule has 7 nitrogen and oxygen atoms in total. The summed E-state index contributed by atoms with van der Waals surface area (Å²) in [4.78, 5) is 26.6. The number of carbonyl (C=O) groups excluding carboxylic acids is 2. The average Bonchev–Trinajstić information content (AvgIpc) is 3.51. The van der Waals surface area contributed by atoms with Crippen molar-refractivity contribution in [3.63, 3.8) is 0 Å². The molecule has 2 N–H and O–H groups in total. The molecule has 2 aromatic rings. The first kappa shape index (κ1) is 21.5. The van der Waals surface area contributed by atoms with E-state index in [4.69, 9.17) is 0 Å². The standard InChI is InChI=1S/C23H27N3O4S/c1-15-3-7-19(8-4-15)25-22(27)11-12-24-31(29,30)20-9-10-21-18(14-20)13-16(2)26(21)23(28)17-5-6-17/h3-4,7-10,14,16-17,24H,5-6,11-13H2,1-2H3,(H,25,27)/t16-/m1/s1. The topological polar surface area (TPSA) is 95.6 Å². The van der Waals surface area contributed by atoms with Crippen molar-refractivity contribution in [2.45, 2.75) is 50.5 Å². The zero-order valence-corrected chi connectivity index (χ0v) is 18.5. The van der Waals surface area contributed by atoms with E-state index in [-0.39, 0.29) is 41.6 Å². The van der Waals surface area contributed by atoms with E-state index in [1.54, 1.807) is 24.3 Å². The first-order valence-corrected chi connectivity index (χ1v) is 12.0. The largest absolute Gasteiger partial charge is 0.326 e. The van der Waals surface area contributed by atoms with Gasteiger partial charge in [0.25, 0.3) is 0 Å². The summed E-state index contributed by atoms with van der Waals surface area (Å²) < 4.78 is 27.9. The van der Waals surface area contributed by atoms with Crippen LogP contribution in [0, 0.1) is 12.8 Å². The minimum absolute atomic E-state index is 0.000192. The molecular formula is C23H27N3O4S. The maximum absolute atomic E-state index is 12.7. The van der Waals surface area contributed by atoms with Crippen LogP contribution in [0.2, 0.25) is 0 Å². The van der Waals surface area contributed by atoms with Crippen molar-refractivity contribution < 1.29 is 18.0 Å². The molecule has 2 aliphatic rings. The van der Waals surface area contributed by atoms with Crippen molar-refractivity contribution in [2.24, 2.45) is 5.92 Å². The number of aryl methyl sites for hydroxylation is 1. The summed E-state index contributed by atoms with van der Waals surface area (Å²) in [6, 6.07) is 12.3. The van der Waals surface area contributed by atoms with Gasteiger partial charge in [0.15, 0.2) is 0 Å². The summed E-state index contributed by atoms with van der Waals surface area (Å²) in [5.74, 6) is -0.00679. The Morgan fingerprint density at radius 2 is 1.81 bits per heavy atom. The van der Waals surface area contributed by atoms with Crippen molar-refractivity contribution in [1.82, 2.24) is 4.72 Å². The Morgan fingerprint density at radius 1 is 1.10 bits per heavy atom. The van der Waals surface area contributed by atoms with Gasteiger partial charge in [-0.05, 0) is 69.0 Å². The van der Waals surface area contributed by atoms with Crippen molar-refractivity contribution in [3.8, 4) is 0 Å². The summed E-state index contributed by atoms with van der Waals surface area (Å²) in [5, 5.41) is 2.75. The van der Waals surface area contributed by atoms with E-state index in [0.29, 0.717) is 12.1 Å². The molecule has 2 amide bonds. The number of nitrogens with one attached hydrogen (secondary N) is 2. The van der Waals surface area contributed by atoms with E-state index in [9.17, 15) is 18.0 Å². The normalized spacial score (nSPS) is 18.0. The average molecular weight is 442 g/mol. The van der Waals surface area contributed by atoms with Crippen LogP contribution in [0.1, 0.15) is 37.3 Å². The zero-order valence-electron chi connectivity index (χ0n) is 17.7. The van der Waals surface area contributed by atoms with Gasteiger partial charge in [-0.25, -0.2) is 13.1 Å². The Bertz CT molecular complexity index is 1110. The fourth-order valence-electron chi connectivity index (χ4n) is 3.88. The van der Waals surface area contributed by atoms with Crippen LogP contribution < -0.4 is 14.9 Å². The van der Waals surface area contributed by atoms with Crippen molar-refractivity contribution >= 4 is 33.2 Å². The van der Waals surface area contributed by atoms with Gasteiger partial charge in [-0.2, -0.15) is 0 Å². The highest BCUT2D eigenvalue weighted by molar-refractivity contribution is 7.89. The Morgan fingerprint density at radius 3 is 2.48 bits per heavy atom. The number of anilines is 2. The summed E-state index contributed by atoms with van der Waals surface area (Å²) >= 11 is 0. The van der Waals surface area contributed by atoms with E-state index >= 15 is 0 Å². The minimum atomic E-state index is -3.75. The quantitative estimate of drug-likeness (QED) is 0.691. The molecule has 4 rings (SSSR count). The van der Waals surface area contributed by atoms with Crippen LogP contribution in [-0.4, -0.2) is 32.8 Å². The van der Waals surface area contributed by atoms with E-state index in [1.165, 1.54) is 6.07 Å². The van der Waals surface area contributed by atoms with Gasteiger partial charge in [0.1, 0.15) is 0 Å². The highest BCUT2D eigenvalue weighted by atomic mass is 32.2. The molecule has 0 bridgehead atoms. The van der Waals surface area contributed by atoms with Gasteiger partial charge in [-0.3, -0.25) is 9.59 Å². The van der Waals surface area contributed by atoms with Crippen LogP contribution in [0.3, 0.4) is 0 Å². The third kappa shape index (κ3) is 4.80. The third-order valence-corrected chi connectivity index (χ3v) is 7.18. The number of hydrogen-bond acceptors (Lipinski definition) is 4. The highest BCUT2D eigenvalue weighted by Gasteiger charge is 2.39. The fraction of sp³-hybridized carbons (Fsp3) is 0.391. The van der Waals surface area contributed by atoms with Gasteiger partial charge in [-0.1, -0.05) is 17.7 Å². The molecule has 1 fully saturated rings. The smallest absolute Gasteiger partial charge is 0.240 e. The lowest BCUT2D eigenvalue weighted by molar-refractivity contribution is -0.120. The second kappa shape index (κ2) is 8.43. The Hall–Kier alpha value is -2.71. The second-order valence-corrected chi connectivity index (χ2v) is 10.2. The van der Waals surface area contributed by atoms with Gasteiger partial charge in [0.2, 0.25) is 21.8 Å². The molecule has 1 atom stereocenters. The Balaban J connectivity index is 1.37. The monoisotopic (exact) mass is 441 g/mol. The third-order valence-electron chi connectivity index (χ3n) is 5.72. The predicted molar refractivity (Wildman–Crippen MR) is 119 cm³/mol. The van der Waals surface area contributed by atoms with E-state index in [1.807, 2.05) is 30.9 Å². The van der Waals surface area contributed by atoms with E-state index < -0.39 is 10.0 Å². The molecule has 1 saturated carbocycles. The molecule has 1 aliphatic heterocycles. The van der Waals surface area contributed by atoms with Gasteiger partial charge in [0.05, 0.1) is 4.90 Å².